The molecule has 0 aliphatic heterocycles. The third kappa shape index (κ3) is 10.0. The molecule has 0 saturated carbocycles. The van der Waals surface area contributed by atoms with E-state index in [-0.39, 0.29) is 6.10 Å². The van der Waals surface area contributed by atoms with Gasteiger partial charge in [-0.15, -0.1) is 11.3 Å². The molecule has 0 spiro atoms. The predicted molar refractivity (Wildman–Crippen MR) is 93.0 cm³/mol. The van der Waals surface area contributed by atoms with Crippen LogP contribution in [0.15, 0.2) is 5.38 Å². The molecule has 21 heavy (non-hydrogen) atoms. The fourth-order valence-corrected chi connectivity index (χ4v) is 3.34. The molecule has 1 atom stereocenters. The molecule has 0 bridgehead atoms. The van der Waals surface area contributed by atoms with Crippen molar-refractivity contribution in [2.24, 2.45) is 0 Å². The third-order valence-corrected chi connectivity index (χ3v) is 4.82. The average Bonchev–Trinajstić information content (AvgIpc) is 2.86. The number of unbranched alkanes of at least 4 members (excludes halogenated alkanes) is 9. The Kier molecular flexibility index (Phi) is 10.8. The van der Waals surface area contributed by atoms with Gasteiger partial charge in [-0.05, 0) is 13.3 Å². The van der Waals surface area contributed by atoms with E-state index in [2.05, 4.69) is 17.3 Å². The molecule has 1 aromatic heterocycles. The summed E-state index contributed by atoms with van der Waals surface area (Å²) in [5, 5.41) is 13.2. The van der Waals surface area contributed by atoms with Crippen molar-refractivity contribution < 1.29 is 5.11 Å². The van der Waals surface area contributed by atoms with Gasteiger partial charge in [0.1, 0.15) is 0 Å². The summed E-state index contributed by atoms with van der Waals surface area (Å²) < 4.78 is 0. The van der Waals surface area contributed by atoms with Crippen LogP contribution >= 0.6 is 11.3 Å². The van der Waals surface area contributed by atoms with Gasteiger partial charge >= 0.3 is 0 Å². The summed E-state index contributed by atoms with van der Waals surface area (Å²) in [6.07, 6.45) is 14.9. The molecule has 3 heteroatoms. The standard InChI is InChI=1S/C18H33NOS/c1-3-4-5-6-7-8-9-10-11-12-13-18(20)14-17-15-21-16(2)19-17/h15,18,20H,3-14H2,1-2H3. The zero-order valence-corrected chi connectivity index (χ0v) is 14.8. The molecule has 0 aromatic carbocycles. The number of hydrogen-bond donors (Lipinski definition) is 1. The normalized spacial score (nSPS) is 12.7. The maximum absolute atomic E-state index is 10.00. The maximum atomic E-state index is 10.00. The van der Waals surface area contributed by atoms with Gasteiger partial charge in [-0.2, -0.15) is 0 Å². The van der Waals surface area contributed by atoms with Crippen LogP contribution in [-0.4, -0.2) is 16.2 Å². The zero-order chi connectivity index (χ0) is 15.3. The lowest BCUT2D eigenvalue weighted by molar-refractivity contribution is 0.160. The topological polar surface area (TPSA) is 33.1 Å². The van der Waals surface area contributed by atoms with E-state index < -0.39 is 0 Å². The van der Waals surface area contributed by atoms with Gasteiger partial charge in [0.2, 0.25) is 0 Å². The molecule has 2 nitrogen and oxygen atoms in total. The molecule has 122 valence electrons. The van der Waals surface area contributed by atoms with E-state index >= 15 is 0 Å². The van der Waals surface area contributed by atoms with E-state index in [1.807, 2.05) is 6.92 Å². The summed E-state index contributed by atoms with van der Waals surface area (Å²) in [6, 6.07) is 0. The molecule has 0 amide bonds. The Morgan fingerprint density at radius 3 is 2.10 bits per heavy atom. The average molecular weight is 312 g/mol. The minimum atomic E-state index is -0.208. The summed E-state index contributed by atoms with van der Waals surface area (Å²) in [7, 11) is 0. The SMILES string of the molecule is CCCCCCCCCCCCC(O)Cc1csc(C)n1. The Morgan fingerprint density at radius 1 is 1.00 bits per heavy atom. The quantitative estimate of drug-likeness (QED) is 0.476. The van der Waals surface area contributed by atoms with Crippen molar-refractivity contribution in [3.05, 3.63) is 16.1 Å². The Labute approximate surface area is 135 Å². The first-order valence-electron chi connectivity index (χ1n) is 8.81. The predicted octanol–water partition coefficient (Wildman–Crippen LogP) is 5.67. The van der Waals surface area contributed by atoms with Gasteiger partial charge in [-0.25, -0.2) is 4.98 Å². The molecule has 0 fully saturated rings. The minimum Gasteiger partial charge on any atom is -0.393 e. The van der Waals surface area contributed by atoms with Gasteiger partial charge in [0.25, 0.3) is 0 Å². The highest BCUT2D eigenvalue weighted by Gasteiger charge is 2.07. The van der Waals surface area contributed by atoms with Crippen LogP contribution in [0.2, 0.25) is 0 Å². The molecular weight excluding hydrogens is 278 g/mol. The first-order valence-corrected chi connectivity index (χ1v) is 9.69. The fourth-order valence-electron chi connectivity index (χ4n) is 2.71. The number of aryl methyl sites for hydroxylation is 1. The second-order valence-electron chi connectivity index (χ2n) is 6.19. The van der Waals surface area contributed by atoms with Crippen molar-refractivity contribution in [1.29, 1.82) is 0 Å². The van der Waals surface area contributed by atoms with Crippen LogP contribution in [0.25, 0.3) is 0 Å². The Morgan fingerprint density at radius 2 is 1.57 bits per heavy atom. The second kappa shape index (κ2) is 12.2. The number of thiazole rings is 1. The van der Waals surface area contributed by atoms with Crippen LogP contribution in [0.4, 0.5) is 0 Å². The van der Waals surface area contributed by atoms with E-state index in [4.69, 9.17) is 0 Å². The Balaban J connectivity index is 1.87. The molecule has 1 aromatic rings. The van der Waals surface area contributed by atoms with Crippen molar-refractivity contribution >= 4 is 11.3 Å². The first-order chi connectivity index (χ1) is 10.2. The molecule has 0 radical (unpaired) electrons. The lowest BCUT2D eigenvalue weighted by Gasteiger charge is -2.08. The fraction of sp³-hybridized carbons (Fsp3) is 0.833. The van der Waals surface area contributed by atoms with Crippen LogP contribution < -0.4 is 0 Å². The summed E-state index contributed by atoms with van der Waals surface area (Å²) in [4.78, 5) is 4.41. The number of hydrogen-bond acceptors (Lipinski definition) is 3. The van der Waals surface area contributed by atoms with Gasteiger partial charge in [0, 0.05) is 11.8 Å². The van der Waals surface area contributed by atoms with Gasteiger partial charge < -0.3 is 5.11 Å². The van der Waals surface area contributed by atoms with Crippen molar-refractivity contribution in [2.75, 3.05) is 0 Å². The largest absolute Gasteiger partial charge is 0.393 e. The first kappa shape index (κ1) is 18.6. The monoisotopic (exact) mass is 311 g/mol. The second-order valence-corrected chi connectivity index (χ2v) is 7.25. The number of rotatable bonds is 13. The maximum Gasteiger partial charge on any atom is 0.0897 e. The van der Waals surface area contributed by atoms with Crippen molar-refractivity contribution in [1.82, 2.24) is 4.98 Å². The highest BCUT2D eigenvalue weighted by Crippen LogP contribution is 2.15. The molecule has 0 saturated heterocycles. The smallest absolute Gasteiger partial charge is 0.0897 e. The third-order valence-electron chi connectivity index (χ3n) is 4.00. The van der Waals surface area contributed by atoms with E-state index in [1.54, 1.807) is 11.3 Å². The molecular formula is C18H33NOS. The Bertz CT molecular complexity index is 351. The molecule has 1 unspecified atom stereocenters. The van der Waals surface area contributed by atoms with Gasteiger partial charge in [0.05, 0.1) is 16.8 Å². The van der Waals surface area contributed by atoms with Crippen molar-refractivity contribution in [3.8, 4) is 0 Å². The van der Waals surface area contributed by atoms with E-state index in [0.717, 1.165) is 30.0 Å². The lowest BCUT2D eigenvalue weighted by atomic mass is 10.0. The number of aromatic nitrogens is 1. The van der Waals surface area contributed by atoms with Crippen LogP contribution in [0, 0.1) is 6.92 Å². The molecule has 1 heterocycles. The highest BCUT2D eigenvalue weighted by atomic mass is 32.1. The molecule has 0 aliphatic carbocycles. The van der Waals surface area contributed by atoms with E-state index in [1.165, 1.54) is 57.8 Å². The van der Waals surface area contributed by atoms with Crippen LogP contribution in [0.1, 0.15) is 88.3 Å². The Hall–Kier alpha value is -0.410. The minimum absolute atomic E-state index is 0.208. The van der Waals surface area contributed by atoms with Gasteiger partial charge in [-0.3, -0.25) is 0 Å². The highest BCUT2D eigenvalue weighted by molar-refractivity contribution is 7.09. The number of nitrogens with zero attached hydrogens (tertiary/aromatic N) is 1. The zero-order valence-electron chi connectivity index (χ0n) is 13.9. The van der Waals surface area contributed by atoms with Crippen LogP contribution in [0.3, 0.4) is 0 Å². The summed E-state index contributed by atoms with van der Waals surface area (Å²) >= 11 is 1.67. The summed E-state index contributed by atoms with van der Waals surface area (Å²) in [6.45, 7) is 4.28. The van der Waals surface area contributed by atoms with E-state index in [0.29, 0.717) is 0 Å². The van der Waals surface area contributed by atoms with Gasteiger partial charge in [-0.1, -0.05) is 71.1 Å². The van der Waals surface area contributed by atoms with Crippen LogP contribution in [-0.2, 0) is 6.42 Å². The van der Waals surface area contributed by atoms with E-state index in [9.17, 15) is 5.11 Å². The van der Waals surface area contributed by atoms with Crippen LogP contribution in [0.5, 0.6) is 0 Å². The molecule has 0 aliphatic rings. The number of aliphatic hydroxyl groups is 1. The summed E-state index contributed by atoms with van der Waals surface area (Å²) in [5.41, 5.74) is 1.05. The summed E-state index contributed by atoms with van der Waals surface area (Å²) in [5.74, 6) is 0. The lowest BCUT2D eigenvalue weighted by Crippen LogP contribution is -2.10. The molecule has 1 N–H and O–H groups in total. The van der Waals surface area contributed by atoms with Crippen molar-refractivity contribution in [2.45, 2.75) is 97.0 Å². The van der Waals surface area contributed by atoms with Gasteiger partial charge in [0.15, 0.2) is 0 Å². The van der Waals surface area contributed by atoms with Crippen molar-refractivity contribution in [3.63, 3.8) is 0 Å². The number of aliphatic hydroxyl groups excluding tert-OH is 1. The molecule has 1 rings (SSSR count).